The Bertz CT molecular complexity index is 1200. The van der Waals surface area contributed by atoms with Crippen LogP contribution in [0.4, 0.5) is 8.78 Å². The van der Waals surface area contributed by atoms with E-state index in [4.69, 9.17) is 0 Å². The third kappa shape index (κ3) is 4.23. The molecule has 4 rings (SSSR count). The molecular formula is C22H21F2N3O3S. The van der Waals surface area contributed by atoms with E-state index in [-0.39, 0.29) is 23.6 Å². The normalized spacial score (nSPS) is 14.1. The quantitative estimate of drug-likeness (QED) is 0.664. The van der Waals surface area contributed by atoms with Crippen molar-refractivity contribution in [3.63, 3.8) is 0 Å². The van der Waals surface area contributed by atoms with Gasteiger partial charge in [0, 0.05) is 49.9 Å². The molecule has 3 aromatic rings. The molecule has 1 aliphatic heterocycles. The van der Waals surface area contributed by atoms with Crippen LogP contribution in [0.25, 0.3) is 10.6 Å². The van der Waals surface area contributed by atoms with E-state index in [1.165, 1.54) is 40.4 Å². The number of aryl methyl sites for hydroxylation is 1. The van der Waals surface area contributed by atoms with Gasteiger partial charge < -0.3 is 14.6 Å². The number of thiazole rings is 1. The van der Waals surface area contributed by atoms with E-state index in [0.29, 0.717) is 28.5 Å². The highest BCUT2D eigenvalue weighted by Gasteiger charge is 2.26. The minimum atomic E-state index is -0.674. The number of rotatable bonds is 4. The average Bonchev–Trinajstić information content (AvgIpc) is 3.21. The van der Waals surface area contributed by atoms with Gasteiger partial charge in [-0.3, -0.25) is 9.59 Å². The van der Waals surface area contributed by atoms with Crippen LogP contribution in [0.1, 0.15) is 40.2 Å². The maximum absolute atomic E-state index is 13.9. The van der Waals surface area contributed by atoms with Gasteiger partial charge in [0.05, 0.1) is 5.56 Å². The van der Waals surface area contributed by atoms with Crippen molar-refractivity contribution in [3.8, 4) is 16.3 Å². The third-order valence-electron chi connectivity index (χ3n) is 5.37. The lowest BCUT2D eigenvalue weighted by atomic mass is 10.1. The van der Waals surface area contributed by atoms with Gasteiger partial charge in [-0.2, -0.15) is 0 Å². The van der Waals surface area contributed by atoms with E-state index in [2.05, 4.69) is 4.98 Å². The Hall–Kier alpha value is -3.07. The molecule has 1 fully saturated rings. The fourth-order valence-corrected chi connectivity index (χ4v) is 4.68. The SMILES string of the molecule is Cn1cc(-c2ncc(Cc3ccc(F)cc3F)s2)c(=O)c(O)c1C(=O)N1CCCCC1. The van der Waals surface area contributed by atoms with E-state index in [1.54, 1.807) is 11.9 Å². The molecule has 162 valence electrons. The fraction of sp³-hybridized carbons (Fsp3) is 0.318. The molecule has 2 aromatic heterocycles. The topological polar surface area (TPSA) is 75.4 Å². The van der Waals surface area contributed by atoms with Gasteiger partial charge in [-0.15, -0.1) is 11.3 Å². The summed E-state index contributed by atoms with van der Waals surface area (Å²) in [6, 6.07) is 3.38. The molecule has 0 atom stereocenters. The second-order valence-electron chi connectivity index (χ2n) is 7.58. The van der Waals surface area contributed by atoms with E-state index < -0.39 is 22.8 Å². The summed E-state index contributed by atoms with van der Waals surface area (Å²) >= 11 is 1.18. The van der Waals surface area contributed by atoms with Gasteiger partial charge in [0.2, 0.25) is 5.43 Å². The number of aromatic hydroxyl groups is 1. The van der Waals surface area contributed by atoms with Crippen LogP contribution in [0.5, 0.6) is 5.75 Å². The number of hydrogen-bond donors (Lipinski definition) is 1. The molecule has 1 N–H and O–H groups in total. The van der Waals surface area contributed by atoms with Gasteiger partial charge in [-0.1, -0.05) is 6.07 Å². The highest BCUT2D eigenvalue weighted by atomic mass is 32.1. The van der Waals surface area contributed by atoms with Crippen LogP contribution < -0.4 is 5.43 Å². The van der Waals surface area contributed by atoms with E-state index in [9.17, 15) is 23.5 Å². The number of likely N-dealkylation sites (tertiary alicyclic amines) is 1. The Morgan fingerprint density at radius 1 is 1.23 bits per heavy atom. The molecule has 9 heteroatoms. The first-order chi connectivity index (χ1) is 14.8. The Labute approximate surface area is 181 Å². The van der Waals surface area contributed by atoms with Crippen LogP contribution in [-0.2, 0) is 13.5 Å². The number of nitrogens with zero attached hydrogens (tertiary/aromatic N) is 3. The summed E-state index contributed by atoms with van der Waals surface area (Å²) in [5.41, 5.74) is -0.242. The van der Waals surface area contributed by atoms with Gasteiger partial charge in [0.25, 0.3) is 5.91 Å². The molecule has 0 radical (unpaired) electrons. The summed E-state index contributed by atoms with van der Waals surface area (Å²) in [7, 11) is 1.60. The number of halogens is 2. The van der Waals surface area contributed by atoms with Gasteiger partial charge >= 0.3 is 0 Å². The maximum atomic E-state index is 13.9. The molecule has 3 heterocycles. The van der Waals surface area contributed by atoms with Crippen LogP contribution in [0.2, 0.25) is 0 Å². The number of pyridine rings is 1. The molecule has 1 aromatic carbocycles. The Balaban J connectivity index is 1.63. The van der Waals surface area contributed by atoms with Crippen molar-refractivity contribution in [1.29, 1.82) is 0 Å². The fourth-order valence-electron chi connectivity index (χ4n) is 3.74. The van der Waals surface area contributed by atoms with Crippen molar-refractivity contribution in [2.45, 2.75) is 25.7 Å². The van der Waals surface area contributed by atoms with E-state index in [1.807, 2.05) is 0 Å². The lowest BCUT2D eigenvalue weighted by Crippen LogP contribution is -2.37. The molecule has 1 saturated heterocycles. The maximum Gasteiger partial charge on any atom is 0.274 e. The zero-order valence-corrected chi connectivity index (χ0v) is 17.7. The zero-order chi connectivity index (χ0) is 22.1. The second-order valence-corrected chi connectivity index (χ2v) is 8.69. The third-order valence-corrected chi connectivity index (χ3v) is 6.40. The largest absolute Gasteiger partial charge is 0.503 e. The van der Waals surface area contributed by atoms with E-state index in [0.717, 1.165) is 25.3 Å². The van der Waals surface area contributed by atoms with Gasteiger partial charge in [-0.05, 0) is 30.9 Å². The number of carbonyl (C=O) groups is 1. The number of aromatic nitrogens is 2. The number of amides is 1. The Morgan fingerprint density at radius 2 is 1.97 bits per heavy atom. The van der Waals surface area contributed by atoms with Gasteiger partial charge in [-0.25, -0.2) is 13.8 Å². The summed E-state index contributed by atoms with van der Waals surface area (Å²) in [4.78, 5) is 32.2. The Morgan fingerprint density at radius 3 is 2.68 bits per heavy atom. The number of piperidine rings is 1. The summed E-state index contributed by atoms with van der Waals surface area (Å²) in [6.07, 6.45) is 6.06. The first kappa shape index (κ1) is 21.2. The summed E-state index contributed by atoms with van der Waals surface area (Å²) in [5.74, 6) is -2.26. The van der Waals surface area contributed by atoms with Crippen LogP contribution in [0.3, 0.4) is 0 Å². The molecule has 0 bridgehead atoms. The highest BCUT2D eigenvalue weighted by Crippen LogP contribution is 2.28. The first-order valence-electron chi connectivity index (χ1n) is 9.96. The minimum absolute atomic E-state index is 0.0409. The molecule has 0 aliphatic carbocycles. The molecule has 31 heavy (non-hydrogen) atoms. The van der Waals surface area contributed by atoms with Crippen molar-refractivity contribution in [2.75, 3.05) is 13.1 Å². The standard InChI is InChI=1S/C22H21F2N3O3S/c1-26-12-16(19(28)20(29)18(26)22(30)27-7-3-2-4-8-27)21-25-11-15(31-21)9-13-5-6-14(23)10-17(13)24/h5-6,10-12,29H,2-4,7-9H2,1H3. The molecule has 1 aliphatic rings. The van der Waals surface area contributed by atoms with E-state index >= 15 is 0 Å². The average molecular weight is 445 g/mol. The molecule has 1 amide bonds. The number of hydrogen-bond acceptors (Lipinski definition) is 5. The predicted molar refractivity (Wildman–Crippen MR) is 113 cm³/mol. The lowest BCUT2D eigenvalue weighted by molar-refractivity contribution is 0.0710. The van der Waals surface area contributed by atoms with Gasteiger partial charge in [0.1, 0.15) is 16.6 Å². The Kier molecular flexibility index (Phi) is 5.86. The van der Waals surface area contributed by atoms with Crippen molar-refractivity contribution in [1.82, 2.24) is 14.5 Å². The second kappa shape index (κ2) is 8.58. The van der Waals surface area contributed by atoms with Crippen LogP contribution in [-0.4, -0.2) is 38.6 Å². The summed E-state index contributed by atoms with van der Waals surface area (Å²) in [5, 5.41) is 10.9. The van der Waals surface area contributed by atoms with Gasteiger partial charge in [0.15, 0.2) is 11.4 Å². The summed E-state index contributed by atoms with van der Waals surface area (Å²) in [6.45, 7) is 1.20. The molecule has 0 saturated carbocycles. The highest BCUT2D eigenvalue weighted by molar-refractivity contribution is 7.15. The lowest BCUT2D eigenvalue weighted by Gasteiger charge is -2.27. The molecule has 0 spiro atoms. The van der Waals surface area contributed by atoms with Crippen molar-refractivity contribution in [2.24, 2.45) is 7.05 Å². The van der Waals surface area contributed by atoms with Crippen LogP contribution >= 0.6 is 11.3 Å². The van der Waals surface area contributed by atoms with Crippen molar-refractivity contribution < 1.29 is 18.7 Å². The number of carbonyl (C=O) groups excluding carboxylic acids is 1. The minimum Gasteiger partial charge on any atom is -0.503 e. The zero-order valence-electron chi connectivity index (χ0n) is 16.9. The predicted octanol–water partition coefficient (Wildman–Crippen LogP) is 3.71. The monoisotopic (exact) mass is 445 g/mol. The van der Waals surface area contributed by atoms with Crippen molar-refractivity contribution >= 4 is 17.2 Å². The van der Waals surface area contributed by atoms with Crippen LogP contribution in [0.15, 0.2) is 35.4 Å². The van der Waals surface area contributed by atoms with Crippen molar-refractivity contribution in [3.05, 3.63) is 68.6 Å². The molecule has 0 unspecified atom stereocenters. The smallest absolute Gasteiger partial charge is 0.274 e. The molecule has 6 nitrogen and oxygen atoms in total. The number of benzene rings is 1. The van der Waals surface area contributed by atoms with Crippen LogP contribution in [0, 0.1) is 11.6 Å². The first-order valence-corrected chi connectivity index (χ1v) is 10.8. The molecular weight excluding hydrogens is 424 g/mol. The summed E-state index contributed by atoms with van der Waals surface area (Å²) < 4.78 is 28.5.